The summed E-state index contributed by atoms with van der Waals surface area (Å²) in [6, 6.07) is 0.473. The summed E-state index contributed by atoms with van der Waals surface area (Å²) < 4.78 is 7.22. The summed E-state index contributed by atoms with van der Waals surface area (Å²) in [4.78, 5) is 0. The van der Waals surface area contributed by atoms with Gasteiger partial charge in [-0.25, -0.2) is 0 Å². The molecule has 0 radical (unpaired) electrons. The fraction of sp³-hybridized carbons (Fsp3) is 0.769. The highest BCUT2D eigenvalue weighted by Crippen LogP contribution is 2.42. The minimum Gasteiger partial charge on any atom is -0.381 e. The smallest absolute Gasteiger partial charge is 0.0652 e. The number of nitrogens with two attached hydrogens (primary N) is 1. The van der Waals surface area contributed by atoms with E-state index in [1.165, 1.54) is 0 Å². The van der Waals surface area contributed by atoms with E-state index < -0.39 is 0 Å². The maximum absolute atomic E-state index is 6.14. The molecule has 0 spiro atoms. The SMILES string of the molecule is COC1CC(NCC(N)c2cnn(C)c2)C1(C)C. The lowest BCUT2D eigenvalue weighted by Crippen LogP contribution is -2.61. The molecule has 1 aliphatic rings. The Hall–Kier alpha value is -0.910. The predicted molar refractivity (Wildman–Crippen MR) is 71.1 cm³/mol. The van der Waals surface area contributed by atoms with E-state index >= 15 is 0 Å². The van der Waals surface area contributed by atoms with Gasteiger partial charge in [-0.1, -0.05) is 13.8 Å². The molecule has 1 aliphatic carbocycles. The Morgan fingerprint density at radius 1 is 1.67 bits per heavy atom. The standard InChI is InChI=1S/C13H24N4O/c1-13(2)11(5-12(13)18-4)15-7-10(14)9-6-16-17(3)8-9/h6,8,10-12,15H,5,7,14H2,1-4H3. The van der Waals surface area contributed by atoms with E-state index in [2.05, 4.69) is 24.3 Å². The summed E-state index contributed by atoms with van der Waals surface area (Å²) in [5, 5.41) is 7.68. The predicted octanol–water partition coefficient (Wildman–Crippen LogP) is 0.823. The molecule has 0 saturated heterocycles. The number of ether oxygens (including phenoxy) is 1. The molecule has 18 heavy (non-hydrogen) atoms. The number of hydrogen-bond donors (Lipinski definition) is 2. The number of aromatic nitrogens is 2. The molecular formula is C13H24N4O. The number of hydrogen-bond acceptors (Lipinski definition) is 4. The minimum atomic E-state index is -0.00362. The van der Waals surface area contributed by atoms with E-state index in [4.69, 9.17) is 10.5 Å². The van der Waals surface area contributed by atoms with Gasteiger partial charge in [0.05, 0.1) is 12.3 Å². The van der Waals surface area contributed by atoms with Gasteiger partial charge < -0.3 is 15.8 Å². The summed E-state index contributed by atoms with van der Waals surface area (Å²) in [7, 11) is 3.69. The van der Waals surface area contributed by atoms with Gasteiger partial charge in [0, 0.05) is 50.0 Å². The van der Waals surface area contributed by atoms with Crippen LogP contribution in [0.3, 0.4) is 0 Å². The van der Waals surface area contributed by atoms with Gasteiger partial charge in [-0.3, -0.25) is 4.68 Å². The third kappa shape index (κ3) is 2.43. The molecule has 1 heterocycles. The van der Waals surface area contributed by atoms with Crippen LogP contribution in [-0.2, 0) is 11.8 Å². The molecule has 5 heteroatoms. The van der Waals surface area contributed by atoms with Gasteiger partial charge in [0.25, 0.3) is 0 Å². The molecule has 1 aromatic heterocycles. The first-order chi connectivity index (χ1) is 8.45. The van der Waals surface area contributed by atoms with Crippen LogP contribution in [0.4, 0.5) is 0 Å². The van der Waals surface area contributed by atoms with E-state index in [0.29, 0.717) is 12.1 Å². The third-order valence-corrected chi connectivity index (χ3v) is 4.20. The highest BCUT2D eigenvalue weighted by molar-refractivity contribution is 5.11. The zero-order chi connectivity index (χ0) is 13.3. The van der Waals surface area contributed by atoms with Gasteiger partial charge in [0.2, 0.25) is 0 Å². The first-order valence-electron chi connectivity index (χ1n) is 6.45. The van der Waals surface area contributed by atoms with Crippen LogP contribution in [0.25, 0.3) is 0 Å². The van der Waals surface area contributed by atoms with Crippen LogP contribution in [-0.4, -0.2) is 35.6 Å². The maximum Gasteiger partial charge on any atom is 0.0652 e. The van der Waals surface area contributed by atoms with Gasteiger partial charge in [-0.05, 0) is 6.42 Å². The lowest BCUT2D eigenvalue weighted by molar-refractivity contribution is -0.0975. The highest BCUT2D eigenvalue weighted by Gasteiger charge is 2.48. The first-order valence-corrected chi connectivity index (χ1v) is 6.45. The van der Waals surface area contributed by atoms with Crippen LogP contribution in [0.1, 0.15) is 31.9 Å². The van der Waals surface area contributed by atoms with E-state index in [1.54, 1.807) is 11.8 Å². The van der Waals surface area contributed by atoms with Crippen molar-refractivity contribution in [3.8, 4) is 0 Å². The second kappa shape index (κ2) is 4.99. The van der Waals surface area contributed by atoms with Crippen molar-refractivity contribution in [2.45, 2.75) is 38.5 Å². The van der Waals surface area contributed by atoms with Crippen molar-refractivity contribution < 1.29 is 4.74 Å². The van der Waals surface area contributed by atoms with Gasteiger partial charge in [0.15, 0.2) is 0 Å². The third-order valence-electron chi connectivity index (χ3n) is 4.20. The molecule has 102 valence electrons. The Labute approximate surface area is 109 Å². The highest BCUT2D eigenvalue weighted by atomic mass is 16.5. The number of nitrogens with one attached hydrogen (secondary N) is 1. The quantitative estimate of drug-likeness (QED) is 0.814. The second-order valence-corrected chi connectivity index (χ2v) is 5.80. The molecule has 3 N–H and O–H groups in total. The van der Waals surface area contributed by atoms with Crippen LogP contribution >= 0.6 is 0 Å². The molecule has 1 fully saturated rings. The van der Waals surface area contributed by atoms with Gasteiger partial charge >= 0.3 is 0 Å². The average molecular weight is 252 g/mol. The molecule has 3 unspecified atom stereocenters. The number of aryl methyl sites for hydroxylation is 1. The number of methoxy groups -OCH3 is 1. The number of rotatable bonds is 5. The first kappa shape index (κ1) is 13.5. The van der Waals surface area contributed by atoms with Gasteiger partial charge in [-0.2, -0.15) is 5.10 Å². The fourth-order valence-corrected chi connectivity index (χ4v) is 2.65. The van der Waals surface area contributed by atoms with Crippen LogP contribution in [0.15, 0.2) is 12.4 Å². The molecule has 0 aliphatic heterocycles. The average Bonchev–Trinajstić information content (AvgIpc) is 2.74. The van der Waals surface area contributed by atoms with Crippen molar-refractivity contribution in [1.29, 1.82) is 0 Å². The van der Waals surface area contributed by atoms with E-state index in [-0.39, 0.29) is 11.5 Å². The lowest BCUT2D eigenvalue weighted by atomic mass is 9.64. The van der Waals surface area contributed by atoms with E-state index in [0.717, 1.165) is 18.5 Å². The zero-order valence-corrected chi connectivity index (χ0v) is 11.7. The van der Waals surface area contributed by atoms with Crippen LogP contribution in [0.2, 0.25) is 0 Å². The fourth-order valence-electron chi connectivity index (χ4n) is 2.65. The maximum atomic E-state index is 6.14. The van der Waals surface area contributed by atoms with Crippen molar-refractivity contribution >= 4 is 0 Å². The summed E-state index contributed by atoms with van der Waals surface area (Å²) in [5.41, 5.74) is 7.40. The lowest BCUT2D eigenvalue weighted by Gasteiger charge is -2.51. The molecule has 1 aromatic rings. The van der Waals surface area contributed by atoms with Crippen molar-refractivity contribution in [2.75, 3.05) is 13.7 Å². The van der Waals surface area contributed by atoms with E-state index in [1.807, 2.05) is 19.4 Å². The summed E-state index contributed by atoms with van der Waals surface area (Å²) in [6.07, 6.45) is 5.21. The molecule has 1 saturated carbocycles. The van der Waals surface area contributed by atoms with Gasteiger partial charge in [-0.15, -0.1) is 0 Å². The van der Waals surface area contributed by atoms with Gasteiger partial charge in [0.1, 0.15) is 0 Å². The monoisotopic (exact) mass is 252 g/mol. The normalized spacial score (nSPS) is 27.8. The molecule has 5 nitrogen and oxygen atoms in total. The molecule has 0 bridgehead atoms. The van der Waals surface area contributed by atoms with Crippen LogP contribution in [0.5, 0.6) is 0 Å². The van der Waals surface area contributed by atoms with Crippen molar-refractivity contribution in [3.05, 3.63) is 18.0 Å². The van der Waals surface area contributed by atoms with Crippen LogP contribution in [0, 0.1) is 5.41 Å². The Bertz CT molecular complexity index is 401. The topological polar surface area (TPSA) is 65.1 Å². The molecule has 0 aromatic carbocycles. The minimum absolute atomic E-state index is 0.00362. The molecular weight excluding hydrogens is 228 g/mol. The van der Waals surface area contributed by atoms with Crippen LogP contribution < -0.4 is 11.1 Å². The van der Waals surface area contributed by atoms with Crippen molar-refractivity contribution in [2.24, 2.45) is 18.2 Å². The van der Waals surface area contributed by atoms with Crippen molar-refractivity contribution in [1.82, 2.24) is 15.1 Å². The Kier molecular flexibility index (Phi) is 3.75. The Morgan fingerprint density at radius 2 is 2.39 bits per heavy atom. The number of nitrogens with zero attached hydrogens (tertiary/aromatic N) is 2. The Morgan fingerprint density at radius 3 is 2.89 bits per heavy atom. The molecule has 0 amide bonds. The summed E-state index contributed by atoms with van der Waals surface area (Å²) in [6.45, 7) is 5.24. The summed E-state index contributed by atoms with van der Waals surface area (Å²) >= 11 is 0. The largest absolute Gasteiger partial charge is 0.381 e. The second-order valence-electron chi connectivity index (χ2n) is 5.80. The van der Waals surface area contributed by atoms with Crippen molar-refractivity contribution in [3.63, 3.8) is 0 Å². The van der Waals surface area contributed by atoms with E-state index in [9.17, 15) is 0 Å². The Balaban J connectivity index is 1.83. The zero-order valence-electron chi connectivity index (χ0n) is 11.7. The molecule has 3 atom stereocenters. The summed E-state index contributed by atoms with van der Waals surface area (Å²) in [5.74, 6) is 0. The molecule has 2 rings (SSSR count).